The summed E-state index contributed by atoms with van der Waals surface area (Å²) in [5.41, 5.74) is 3.47. The van der Waals surface area contributed by atoms with E-state index in [2.05, 4.69) is 15.4 Å². The fourth-order valence-corrected chi connectivity index (χ4v) is 6.45. The number of amides is 1. The lowest BCUT2D eigenvalue weighted by atomic mass is 9.50. The average molecular weight is 507 g/mol. The van der Waals surface area contributed by atoms with Crippen LogP contribution in [-0.2, 0) is 11.3 Å². The van der Waals surface area contributed by atoms with E-state index in [1.54, 1.807) is 35.9 Å². The molecule has 2 aromatic heterocycles. The van der Waals surface area contributed by atoms with Gasteiger partial charge in [0.2, 0.25) is 0 Å². The molecule has 1 spiro atoms. The topological polar surface area (TPSA) is 97.1 Å². The Balaban J connectivity index is 1.20. The van der Waals surface area contributed by atoms with Crippen molar-refractivity contribution in [2.75, 3.05) is 0 Å². The highest BCUT2D eigenvalue weighted by atomic mass is 35.5. The average Bonchev–Trinajstić information content (AvgIpc) is 3.46. The fraction of sp³-hybridized carbons (Fsp3) is 0.308. The number of fused-ring (bicyclic) bond motifs is 1. The minimum absolute atomic E-state index is 0.0674. The van der Waals surface area contributed by atoms with Crippen LogP contribution in [0.2, 0.25) is 5.02 Å². The molecule has 0 aliphatic heterocycles. The summed E-state index contributed by atoms with van der Waals surface area (Å²) < 4.78 is 1.82. The zero-order chi connectivity index (χ0) is 24.2. The second-order valence-corrected chi connectivity index (χ2v) is 11.0. The molecule has 0 bridgehead atoms. The number of nitrogens with zero attached hydrogens (tertiary/aromatic N) is 3. The Kier molecular flexibility index (Phi) is 5.38. The summed E-state index contributed by atoms with van der Waals surface area (Å²) in [7, 11) is 0. The molecule has 35 heavy (non-hydrogen) atoms. The maximum Gasteiger partial charge on any atom is 0.306 e. The van der Waals surface area contributed by atoms with Gasteiger partial charge in [0.15, 0.2) is 0 Å². The van der Waals surface area contributed by atoms with Crippen LogP contribution >= 0.6 is 22.9 Å². The Morgan fingerprint density at radius 1 is 1.14 bits per heavy atom. The van der Waals surface area contributed by atoms with Gasteiger partial charge < -0.3 is 10.4 Å². The van der Waals surface area contributed by atoms with Gasteiger partial charge in [-0.1, -0.05) is 35.9 Å². The molecule has 0 radical (unpaired) electrons. The Morgan fingerprint density at radius 2 is 1.91 bits per heavy atom. The lowest BCUT2D eigenvalue weighted by Crippen LogP contribution is -2.57. The third kappa shape index (κ3) is 4.00. The summed E-state index contributed by atoms with van der Waals surface area (Å²) in [5.74, 6) is -1.09. The van der Waals surface area contributed by atoms with Crippen LogP contribution in [0.3, 0.4) is 0 Å². The number of aromatic nitrogens is 3. The number of carbonyl (C=O) groups is 2. The largest absolute Gasteiger partial charge is 0.481 e. The number of carboxylic acid groups (broad SMARTS) is 1. The van der Waals surface area contributed by atoms with E-state index in [9.17, 15) is 9.59 Å². The van der Waals surface area contributed by atoms with Gasteiger partial charge in [-0.25, -0.2) is 4.98 Å². The van der Waals surface area contributed by atoms with Gasteiger partial charge in [-0.3, -0.25) is 14.3 Å². The number of rotatable bonds is 6. The van der Waals surface area contributed by atoms with Crippen LogP contribution < -0.4 is 5.32 Å². The third-order valence-electron chi connectivity index (χ3n) is 7.36. The van der Waals surface area contributed by atoms with Gasteiger partial charge in [0, 0.05) is 28.6 Å². The van der Waals surface area contributed by atoms with Gasteiger partial charge >= 0.3 is 5.97 Å². The lowest BCUT2D eigenvalue weighted by molar-refractivity contribution is -0.155. The van der Waals surface area contributed by atoms with Crippen LogP contribution in [-0.4, -0.2) is 37.8 Å². The van der Waals surface area contributed by atoms with Crippen molar-refractivity contribution >= 4 is 45.7 Å². The molecule has 2 heterocycles. The molecule has 0 unspecified atom stereocenters. The van der Waals surface area contributed by atoms with Gasteiger partial charge in [-0.05, 0) is 48.8 Å². The fourth-order valence-electron chi connectivity index (χ4n) is 5.61. The van der Waals surface area contributed by atoms with Gasteiger partial charge in [0.25, 0.3) is 5.91 Å². The Morgan fingerprint density at radius 3 is 2.60 bits per heavy atom. The smallest absolute Gasteiger partial charge is 0.306 e. The Hall–Kier alpha value is -3.23. The van der Waals surface area contributed by atoms with E-state index in [0.29, 0.717) is 35.5 Å². The van der Waals surface area contributed by atoms with Crippen molar-refractivity contribution in [1.82, 2.24) is 20.1 Å². The van der Waals surface area contributed by atoms with Crippen LogP contribution in [0, 0.1) is 11.3 Å². The molecule has 9 heteroatoms. The highest BCUT2D eigenvalue weighted by molar-refractivity contribution is 7.13. The zero-order valence-electron chi connectivity index (χ0n) is 18.8. The number of halogens is 1. The van der Waals surface area contributed by atoms with E-state index in [4.69, 9.17) is 16.7 Å². The van der Waals surface area contributed by atoms with E-state index in [0.717, 1.165) is 34.4 Å². The summed E-state index contributed by atoms with van der Waals surface area (Å²) in [5, 5.41) is 21.1. The van der Waals surface area contributed by atoms with Crippen molar-refractivity contribution in [2.45, 2.75) is 38.3 Å². The standard InChI is InChI=1S/C26H23ClN4O3S/c27-21-6-5-19(23(32)30-18-11-26(12-18)9-17(10-26)25(33)34)22-20(21)13-29-31(22)14-15-1-3-16(4-2-15)24-28-7-8-35-24/h1-8,13,17-18H,9-12,14H2,(H,30,32)(H,33,34). The monoisotopic (exact) mass is 506 g/mol. The van der Waals surface area contributed by atoms with Crippen molar-refractivity contribution in [3.8, 4) is 10.6 Å². The van der Waals surface area contributed by atoms with Crippen LogP contribution in [0.1, 0.15) is 41.6 Å². The second-order valence-electron chi connectivity index (χ2n) is 9.72. The molecule has 2 aromatic carbocycles. The molecular weight excluding hydrogens is 484 g/mol. The van der Waals surface area contributed by atoms with Crippen molar-refractivity contribution in [3.63, 3.8) is 0 Å². The van der Waals surface area contributed by atoms with Gasteiger partial charge in [-0.15, -0.1) is 11.3 Å². The van der Waals surface area contributed by atoms with Crippen molar-refractivity contribution in [2.24, 2.45) is 11.3 Å². The molecule has 2 aliphatic rings. The van der Waals surface area contributed by atoms with Crippen LogP contribution in [0.5, 0.6) is 0 Å². The van der Waals surface area contributed by atoms with E-state index in [-0.39, 0.29) is 23.3 Å². The number of carboxylic acids is 1. The van der Waals surface area contributed by atoms with E-state index < -0.39 is 5.97 Å². The number of hydrogen-bond donors (Lipinski definition) is 2. The van der Waals surface area contributed by atoms with Crippen molar-refractivity contribution < 1.29 is 14.7 Å². The SMILES string of the molecule is O=C(NC1CC2(C1)CC(C(=O)O)C2)c1ccc(Cl)c2cnn(Cc3ccc(-c4nccs4)cc3)c12. The van der Waals surface area contributed by atoms with Crippen LogP contribution in [0.15, 0.2) is 54.2 Å². The maximum absolute atomic E-state index is 13.2. The van der Waals surface area contributed by atoms with Gasteiger partial charge in [0.05, 0.1) is 34.8 Å². The Bertz CT molecular complexity index is 1420. The second kappa shape index (κ2) is 8.46. The summed E-state index contributed by atoms with van der Waals surface area (Å²) >= 11 is 8.04. The third-order valence-corrected chi connectivity index (χ3v) is 8.51. The number of nitrogens with one attached hydrogen (secondary N) is 1. The van der Waals surface area contributed by atoms with Crippen molar-refractivity contribution in [3.05, 3.63) is 70.3 Å². The predicted octanol–water partition coefficient (Wildman–Crippen LogP) is 5.23. The van der Waals surface area contributed by atoms with E-state index in [1.807, 2.05) is 34.3 Å². The van der Waals surface area contributed by atoms with Crippen molar-refractivity contribution in [1.29, 1.82) is 0 Å². The lowest BCUT2D eigenvalue weighted by Gasteiger charge is -2.56. The first kappa shape index (κ1) is 22.2. The maximum atomic E-state index is 13.2. The summed E-state index contributed by atoms with van der Waals surface area (Å²) in [6.07, 6.45) is 6.61. The predicted molar refractivity (Wildman–Crippen MR) is 135 cm³/mol. The highest BCUT2D eigenvalue weighted by Crippen LogP contribution is 2.58. The minimum atomic E-state index is -0.710. The van der Waals surface area contributed by atoms with Crippen LogP contribution in [0.4, 0.5) is 0 Å². The molecule has 2 fully saturated rings. The zero-order valence-corrected chi connectivity index (χ0v) is 20.4. The normalized spacial score (nSPS) is 23.1. The first-order chi connectivity index (χ1) is 16.9. The molecule has 6 rings (SSSR count). The molecule has 7 nitrogen and oxygen atoms in total. The summed E-state index contributed by atoms with van der Waals surface area (Å²) in [6, 6.07) is 11.7. The number of hydrogen-bond acceptors (Lipinski definition) is 5. The van der Waals surface area contributed by atoms with Gasteiger partial charge in [-0.2, -0.15) is 5.10 Å². The number of thiazole rings is 1. The number of benzene rings is 2. The molecule has 0 atom stereocenters. The van der Waals surface area contributed by atoms with Gasteiger partial charge in [0.1, 0.15) is 5.01 Å². The van der Waals surface area contributed by atoms with E-state index in [1.165, 1.54) is 0 Å². The summed E-state index contributed by atoms with van der Waals surface area (Å²) in [4.78, 5) is 28.7. The molecule has 2 N–H and O–H groups in total. The summed E-state index contributed by atoms with van der Waals surface area (Å²) in [6.45, 7) is 0.505. The molecule has 1 amide bonds. The van der Waals surface area contributed by atoms with E-state index >= 15 is 0 Å². The number of aliphatic carboxylic acids is 1. The molecule has 2 aliphatic carbocycles. The van der Waals surface area contributed by atoms with Crippen LogP contribution in [0.25, 0.3) is 21.5 Å². The highest BCUT2D eigenvalue weighted by Gasteiger charge is 2.55. The minimum Gasteiger partial charge on any atom is -0.481 e. The molecule has 2 saturated carbocycles. The first-order valence-corrected chi connectivity index (χ1v) is 12.8. The Labute approximate surface area is 210 Å². The molecular formula is C26H23ClN4O3S. The quantitative estimate of drug-likeness (QED) is 0.373. The number of carbonyl (C=O) groups excluding carboxylic acids is 1. The molecule has 0 saturated heterocycles. The first-order valence-electron chi connectivity index (χ1n) is 11.6. The molecule has 178 valence electrons. The molecule has 4 aromatic rings.